The normalized spacial score (nSPS) is 11.5. The van der Waals surface area contributed by atoms with E-state index >= 15 is 0 Å². The summed E-state index contributed by atoms with van der Waals surface area (Å²) in [5, 5.41) is 21.2. The van der Waals surface area contributed by atoms with E-state index < -0.39 is 5.82 Å². The van der Waals surface area contributed by atoms with Crippen molar-refractivity contribution in [2.75, 3.05) is 5.32 Å². The van der Waals surface area contributed by atoms with Crippen LogP contribution in [-0.2, 0) is 4.79 Å². The van der Waals surface area contributed by atoms with Crippen LogP contribution in [0.5, 0.6) is 5.75 Å². The van der Waals surface area contributed by atoms with Crippen LogP contribution in [0.4, 0.5) is 10.1 Å². The predicted molar refractivity (Wildman–Crippen MR) is 147 cm³/mol. The number of aromatic nitrogens is 6. The summed E-state index contributed by atoms with van der Waals surface area (Å²) < 4.78 is 14.0. The third-order valence-electron chi connectivity index (χ3n) is 6.29. The number of anilines is 1. The van der Waals surface area contributed by atoms with Gasteiger partial charge in [-0.15, -0.1) is 0 Å². The molecule has 0 fully saturated rings. The largest absolute Gasteiger partial charge is 0.508 e. The summed E-state index contributed by atoms with van der Waals surface area (Å²) in [6.07, 6.45) is 5.40. The molecule has 4 N–H and O–H groups in total. The van der Waals surface area contributed by atoms with Gasteiger partial charge in [-0.3, -0.25) is 19.9 Å². The second-order valence-electron chi connectivity index (χ2n) is 9.78. The van der Waals surface area contributed by atoms with E-state index in [1.54, 1.807) is 24.7 Å². The maximum Gasteiger partial charge on any atom is 0.224 e. The minimum absolute atomic E-state index is 0.0521. The van der Waals surface area contributed by atoms with E-state index in [1.807, 2.05) is 38.1 Å². The molecule has 0 atom stereocenters. The van der Waals surface area contributed by atoms with Crippen LogP contribution in [0.25, 0.3) is 55.8 Å². The second-order valence-corrected chi connectivity index (χ2v) is 9.78. The van der Waals surface area contributed by atoms with Gasteiger partial charge < -0.3 is 15.4 Å². The number of carbonyl (C=O) groups excluding carboxylic acids is 1. The number of nitrogens with zero attached hydrogens (tertiary/aromatic N) is 4. The van der Waals surface area contributed by atoms with Crippen molar-refractivity contribution in [3.05, 3.63) is 72.9 Å². The van der Waals surface area contributed by atoms with Gasteiger partial charge in [-0.1, -0.05) is 19.9 Å². The number of carbonyl (C=O) groups is 1. The van der Waals surface area contributed by atoms with Crippen molar-refractivity contribution in [3.63, 3.8) is 0 Å². The molecule has 0 spiro atoms. The Kier molecular flexibility index (Phi) is 5.99. The van der Waals surface area contributed by atoms with Crippen LogP contribution in [0.15, 0.2) is 67.1 Å². The highest BCUT2D eigenvalue weighted by Crippen LogP contribution is 2.33. The van der Waals surface area contributed by atoms with Gasteiger partial charge in [-0.05, 0) is 47.9 Å². The Balaban J connectivity index is 1.39. The van der Waals surface area contributed by atoms with Crippen molar-refractivity contribution in [2.24, 2.45) is 5.92 Å². The summed E-state index contributed by atoms with van der Waals surface area (Å²) >= 11 is 0. The zero-order valence-electron chi connectivity index (χ0n) is 21.2. The lowest BCUT2D eigenvalue weighted by Gasteiger charge is -2.09. The number of pyridine rings is 2. The topological polar surface area (TPSA) is 132 Å². The average molecular weight is 522 g/mol. The summed E-state index contributed by atoms with van der Waals surface area (Å²) in [5.41, 5.74) is 5.86. The number of phenols is 1. The molecule has 4 heterocycles. The standard InChI is InChI=1S/C29H24FN7O2/c1-15(2)7-25(39)33-20-9-18(13-31-14-20)16-3-4-23-22(11-16)27(37-36-23)29-34-24-5-6-32-26(28(24)35-29)17-8-19(30)12-21(38)10-17/h3-6,8-15,38H,7H2,1-2H3,(H,33,39)(H,34,35)(H,36,37). The zero-order valence-corrected chi connectivity index (χ0v) is 21.2. The zero-order chi connectivity index (χ0) is 27.1. The highest BCUT2D eigenvalue weighted by Gasteiger charge is 2.17. The Bertz CT molecular complexity index is 1840. The monoisotopic (exact) mass is 521 g/mol. The van der Waals surface area contributed by atoms with Gasteiger partial charge in [0.05, 0.1) is 28.6 Å². The Morgan fingerprint density at radius 1 is 1.00 bits per heavy atom. The number of rotatable bonds is 6. The van der Waals surface area contributed by atoms with Gasteiger partial charge in [-0.2, -0.15) is 5.10 Å². The molecule has 0 bridgehead atoms. The van der Waals surface area contributed by atoms with Gasteiger partial charge in [0.2, 0.25) is 5.91 Å². The molecule has 0 saturated heterocycles. The summed E-state index contributed by atoms with van der Waals surface area (Å²) in [5.74, 6) is -0.0409. The number of halogens is 1. The van der Waals surface area contributed by atoms with Crippen LogP contribution >= 0.6 is 0 Å². The summed E-state index contributed by atoms with van der Waals surface area (Å²) in [6.45, 7) is 4.00. The van der Waals surface area contributed by atoms with Gasteiger partial charge in [0.1, 0.15) is 22.8 Å². The van der Waals surface area contributed by atoms with Gasteiger partial charge in [-0.25, -0.2) is 9.37 Å². The number of phenolic OH excluding ortho intramolecular Hbond substituents is 1. The number of amides is 1. The van der Waals surface area contributed by atoms with Crippen molar-refractivity contribution in [2.45, 2.75) is 20.3 Å². The van der Waals surface area contributed by atoms with Gasteiger partial charge in [0.15, 0.2) is 5.82 Å². The number of H-pyrrole nitrogens is 2. The van der Waals surface area contributed by atoms with E-state index in [4.69, 9.17) is 4.98 Å². The highest BCUT2D eigenvalue weighted by molar-refractivity contribution is 5.98. The van der Waals surface area contributed by atoms with Crippen LogP contribution in [-0.4, -0.2) is 41.1 Å². The van der Waals surface area contributed by atoms with E-state index in [-0.39, 0.29) is 17.6 Å². The van der Waals surface area contributed by atoms with Crippen LogP contribution in [0.3, 0.4) is 0 Å². The molecule has 2 aromatic carbocycles. The minimum atomic E-state index is -0.566. The summed E-state index contributed by atoms with van der Waals surface area (Å²) in [6, 6.07) is 13.3. The summed E-state index contributed by atoms with van der Waals surface area (Å²) in [4.78, 5) is 29.0. The fourth-order valence-corrected chi connectivity index (χ4v) is 4.59. The molecule has 1 amide bonds. The number of aromatic hydroxyl groups is 1. The Morgan fingerprint density at radius 2 is 1.87 bits per heavy atom. The number of aromatic amines is 2. The van der Waals surface area contributed by atoms with Gasteiger partial charge >= 0.3 is 0 Å². The average Bonchev–Trinajstić information content (AvgIpc) is 3.51. The van der Waals surface area contributed by atoms with Gasteiger partial charge in [0, 0.05) is 41.4 Å². The number of nitrogens with one attached hydrogen (secondary N) is 3. The molecular weight excluding hydrogens is 497 g/mol. The lowest BCUT2D eigenvalue weighted by atomic mass is 10.0. The van der Waals surface area contributed by atoms with Crippen LogP contribution < -0.4 is 5.32 Å². The molecule has 0 saturated carbocycles. The number of benzene rings is 2. The lowest BCUT2D eigenvalue weighted by molar-refractivity contribution is -0.116. The smallest absolute Gasteiger partial charge is 0.224 e. The minimum Gasteiger partial charge on any atom is -0.508 e. The van der Waals surface area contributed by atoms with Crippen LogP contribution in [0, 0.1) is 11.7 Å². The summed E-state index contributed by atoms with van der Waals surface area (Å²) in [7, 11) is 0. The van der Waals surface area contributed by atoms with Gasteiger partial charge in [0.25, 0.3) is 0 Å². The molecule has 0 aliphatic heterocycles. The molecule has 0 unspecified atom stereocenters. The van der Waals surface area contributed by atoms with E-state index in [9.17, 15) is 14.3 Å². The molecule has 194 valence electrons. The first-order valence-electron chi connectivity index (χ1n) is 12.4. The predicted octanol–water partition coefficient (Wildman–Crippen LogP) is 6.06. The van der Waals surface area contributed by atoms with Crippen molar-refractivity contribution in [1.82, 2.24) is 30.1 Å². The third-order valence-corrected chi connectivity index (χ3v) is 6.29. The number of fused-ring (bicyclic) bond motifs is 2. The van der Waals surface area contributed by atoms with E-state index in [0.29, 0.717) is 45.9 Å². The number of hydrogen-bond donors (Lipinski definition) is 4. The third kappa shape index (κ3) is 4.79. The maximum absolute atomic E-state index is 14.0. The molecule has 0 aliphatic carbocycles. The highest BCUT2D eigenvalue weighted by atomic mass is 19.1. The number of hydrogen-bond acceptors (Lipinski definition) is 6. The molecule has 6 rings (SSSR count). The molecule has 4 aromatic heterocycles. The van der Waals surface area contributed by atoms with Crippen LogP contribution in [0.2, 0.25) is 0 Å². The van der Waals surface area contributed by atoms with Crippen molar-refractivity contribution in [1.29, 1.82) is 0 Å². The molecule has 0 aliphatic rings. The quantitative estimate of drug-likeness (QED) is 0.211. The fourth-order valence-electron chi connectivity index (χ4n) is 4.59. The SMILES string of the molecule is CC(C)CC(=O)Nc1cncc(-c2ccc3[nH]nc(-c4nc5c(-c6cc(O)cc(F)c6)nccc5[nH]4)c3c2)c1. The fraction of sp³-hybridized carbons (Fsp3) is 0.138. The Labute approximate surface area is 222 Å². The van der Waals surface area contributed by atoms with Crippen molar-refractivity contribution in [3.8, 4) is 39.7 Å². The maximum atomic E-state index is 14.0. The second kappa shape index (κ2) is 9.64. The molecule has 0 radical (unpaired) electrons. The first-order valence-corrected chi connectivity index (χ1v) is 12.4. The molecule has 9 nitrogen and oxygen atoms in total. The molecule has 6 aromatic rings. The Morgan fingerprint density at radius 3 is 2.69 bits per heavy atom. The molecular formula is C29H24FN7O2. The Hall–Kier alpha value is -5.12. The van der Waals surface area contributed by atoms with Crippen LogP contribution in [0.1, 0.15) is 20.3 Å². The first-order chi connectivity index (χ1) is 18.8. The van der Waals surface area contributed by atoms with Crippen molar-refractivity contribution >= 4 is 33.5 Å². The van der Waals surface area contributed by atoms with Crippen molar-refractivity contribution < 1.29 is 14.3 Å². The molecule has 10 heteroatoms. The van der Waals surface area contributed by atoms with E-state index in [0.717, 1.165) is 28.1 Å². The van der Waals surface area contributed by atoms with E-state index in [1.165, 1.54) is 12.1 Å². The van der Waals surface area contributed by atoms with E-state index in [2.05, 4.69) is 30.5 Å². The first kappa shape index (κ1) is 24.2. The molecule has 39 heavy (non-hydrogen) atoms. The number of imidazole rings is 1. The lowest BCUT2D eigenvalue weighted by Crippen LogP contribution is -2.13.